The molecule has 1 aromatic heterocycles. The zero-order valence-corrected chi connectivity index (χ0v) is 10.0. The second-order valence-corrected chi connectivity index (χ2v) is 4.17. The van der Waals surface area contributed by atoms with Crippen molar-refractivity contribution >= 4 is 17.4 Å². The van der Waals surface area contributed by atoms with E-state index in [2.05, 4.69) is 4.98 Å². The predicted molar refractivity (Wildman–Crippen MR) is 68.3 cm³/mol. The average molecular weight is 246 g/mol. The Labute approximate surface area is 105 Å². The number of carbonyl (C=O) groups excluding carboxylic acids is 1. The van der Waals surface area contributed by atoms with Gasteiger partial charge in [-0.2, -0.15) is 0 Å². The number of hydrogen-bond acceptors (Lipinski definition) is 2. The van der Waals surface area contributed by atoms with E-state index in [9.17, 15) is 4.79 Å². The number of pyridine rings is 1. The van der Waals surface area contributed by atoms with Crippen molar-refractivity contribution in [3.05, 3.63) is 64.9 Å². The van der Waals surface area contributed by atoms with Gasteiger partial charge in [0, 0.05) is 18.2 Å². The lowest BCUT2D eigenvalue weighted by Crippen LogP contribution is -2.00. The Balaban J connectivity index is 1.95. The van der Waals surface area contributed by atoms with Crippen molar-refractivity contribution in [2.45, 2.75) is 12.8 Å². The lowest BCUT2D eigenvalue weighted by atomic mass is 10.0. The molecule has 0 radical (unpaired) electrons. The maximum atomic E-state index is 11.8. The fraction of sp³-hybridized carbons (Fsp3) is 0.143. The molecule has 0 aliphatic heterocycles. The number of ketones is 1. The molecule has 0 unspecified atom stereocenters. The Morgan fingerprint density at radius 1 is 1.12 bits per heavy atom. The number of aromatic nitrogens is 1. The summed E-state index contributed by atoms with van der Waals surface area (Å²) in [6.45, 7) is 0. The van der Waals surface area contributed by atoms with Crippen LogP contribution >= 0.6 is 11.6 Å². The van der Waals surface area contributed by atoms with Gasteiger partial charge in [-0.1, -0.05) is 48.0 Å². The lowest BCUT2D eigenvalue weighted by molar-refractivity contribution is 0.0983. The normalized spacial score (nSPS) is 10.2. The van der Waals surface area contributed by atoms with Gasteiger partial charge in [0.15, 0.2) is 5.78 Å². The monoisotopic (exact) mass is 245 g/mol. The van der Waals surface area contributed by atoms with E-state index in [0.29, 0.717) is 18.0 Å². The Bertz CT molecular complexity index is 493. The standard InChI is InChI=1S/C14H12ClNO/c15-14-9-7-11(10-16-14)6-8-13(17)12-4-2-1-3-5-12/h1-5,7,9-10H,6,8H2. The third-order valence-corrected chi connectivity index (χ3v) is 2.75. The average Bonchev–Trinajstić information content (AvgIpc) is 2.39. The number of carbonyl (C=O) groups is 1. The second kappa shape index (κ2) is 5.60. The van der Waals surface area contributed by atoms with Crippen LogP contribution in [0.5, 0.6) is 0 Å². The van der Waals surface area contributed by atoms with Gasteiger partial charge in [-0.05, 0) is 18.1 Å². The third-order valence-electron chi connectivity index (χ3n) is 2.53. The molecule has 0 aliphatic rings. The summed E-state index contributed by atoms with van der Waals surface area (Å²) in [5, 5.41) is 0.475. The summed E-state index contributed by atoms with van der Waals surface area (Å²) in [4.78, 5) is 15.8. The van der Waals surface area contributed by atoms with Crippen molar-refractivity contribution in [1.29, 1.82) is 0 Å². The highest BCUT2D eigenvalue weighted by Gasteiger charge is 2.05. The molecule has 0 aliphatic carbocycles. The Morgan fingerprint density at radius 2 is 1.88 bits per heavy atom. The van der Waals surface area contributed by atoms with Crippen LogP contribution < -0.4 is 0 Å². The highest BCUT2D eigenvalue weighted by Crippen LogP contribution is 2.10. The molecule has 0 bridgehead atoms. The van der Waals surface area contributed by atoms with E-state index in [0.717, 1.165) is 11.1 Å². The summed E-state index contributed by atoms with van der Waals surface area (Å²) >= 11 is 5.69. The molecule has 0 atom stereocenters. The molecule has 0 saturated heterocycles. The summed E-state index contributed by atoms with van der Waals surface area (Å²) in [6, 6.07) is 13.0. The second-order valence-electron chi connectivity index (χ2n) is 3.78. The van der Waals surface area contributed by atoms with Gasteiger partial charge in [-0.25, -0.2) is 4.98 Å². The minimum atomic E-state index is 0.153. The van der Waals surface area contributed by atoms with Crippen molar-refractivity contribution in [3.63, 3.8) is 0 Å². The van der Waals surface area contributed by atoms with Crippen molar-refractivity contribution in [2.24, 2.45) is 0 Å². The summed E-state index contributed by atoms with van der Waals surface area (Å²) in [7, 11) is 0. The van der Waals surface area contributed by atoms with Gasteiger partial charge < -0.3 is 0 Å². The SMILES string of the molecule is O=C(CCc1ccc(Cl)nc1)c1ccccc1. The first kappa shape index (κ1) is 11.8. The van der Waals surface area contributed by atoms with Crippen molar-refractivity contribution in [1.82, 2.24) is 4.98 Å². The molecule has 2 aromatic rings. The topological polar surface area (TPSA) is 30.0 Å². The largest absolute Gasteiger partial charge is 0.294 e. The number of aryl methyl sites for hydroxylation is 1. The van der Waals surface area contributed by atoms with Crippen molar-refractivity contribution in [3.8, 4) is 0 Å². The van der Waals surface area contributed by atoms with Crippen molar-refractivity contribution < 1.29 is 4.79 Å². The number of hydrogen-bond donors (Lipinski definition) is 0. The molecule has 0 amide bonds. The molecular weight excluding hydrogens is 234 g/mol. The molecule has 1 aromatic carbocycles. The number of Topliss-reactive ketones (excluding diaryl/α,β-unsaturated/α-hetero) is 1. The van der Waals surface area contributed by atoms with Gasteiger partial charge in [0.25, 0.3) is 0 Å². The molecule has 2 rings (SSSR count). The van der Waals surface area contributed by atoms with Crippen LogP contribution in [0.2, 0.25) is 5.15 Å². The van der Waals surface area contributed by atoms with E-state index in [1.165, 1.54) is 0 Å². The number of rotatable bonds is 4. The first-order valence-corrected chi connectivity index (χ1v) is 5.82. The van der Waals surface area contributed by atoms with Gasteiger partial charge in [0.2, 0.25) is 0 Å². The minimum Gasteiger partial charge on any atom is -0.294 e. The summed E-state index contributed by atoms with van der Waals surface area (Å²) in [5.41, 5.74) is 1.79. The van der Waals surface area contributed by atoms with Gasteiger partial charge in [0.05, 0.1) is 0 Å². The van der Waals surface area contributed by atoms with E-state index in [4.69, 9.17) is 11.6 Å². The molecule has 0 N–H and O–H groups in total. The van der Waals surface area contributed by atoms with Gasteiger partial charge in [0.1, 0.15) is 5.15 Å². The maximum Gasteiger partial charge on any atom is 0.163 e. The first-order valence-electron chi connectivity index (χ1n) is 5.44. The van der Waals surface area contributed by atoms with Crippen LogP contribution in [0.3, 0.4) is 0 Å². The third kappa shape index (κ3) is 3.40. The van der Waals surface area contributed by atoms with Crippen LogP contribution in [0.25, 0.3) is 0 Å². The summed E-state index contributed by atoms with van der Waals surface area (Å²) in [6.07, 6.45) is 2.89. The van der Waals surface area contributed by atoms with E-state index < -0.39 is 0 Å². The molecule has 2 nitrogen and oxygen atoms in total. The first-order chi connectivity index (χ1) is 8.25. The maximum absolute atomic E-state index is 11.8. The zero-order valence-electron chi connectivity index (χ0n) is 9.27. The molecule has 1 heterocycles. The van der Waals surface area contributed by atoms with Crippen LogP contribution in [0, 0.1) is 0 Å². The van der Waals surface area contributed by atoms with Crippen LogP contribution in [0.4, 0.5) is 0 Å². The fourth-order valence-corrected chi connectivity index (χ4v) is 1.69. The van der Waals surface area contributed by atoms with E-state index in [-0.39, 0.29) is 5.78 Å². The minimum absolute atomic E-state index is 0.153. The van der Waals surface area contributed by atoms with E-state index >= 15 is 0 Å². The van der Waals surface area contributed by atoms with Crippen LogP contribution in [-0.2, 0) is 6.42 Å². The fourth-order valence-electron chi connectivity index (χ4n) is 1.58. The number of halogens is 1. The number of benzene rings is 1. The number of nitrogens with zero attached hydrogens (tertiary/aromatic N) is 1. The molecule has 0 fully saturated rings. The van der Waals surface area contributed by atoms with Gasteiger partial charge in [-0.15, -0.1) is 0 Å². The van der Waals surface area contributed by atoms with Crippen LogP contribution in [0.1, 0.15) is 22.3 Å². The zero-order chi connectivity index (χ0) is 12.1. The Morgan fingerprint density at radius 3 is 2.53 bits per heavy atom. The Kier molecular flexibility index (Phi) is 3.89. The quantitative estimate of drug-likeness (QED) is 0.609. The smallest absolute Gasteiger partial charge is 0.163 e. The molecule has 86 valence electrons. The summed E-state index contributed by atoms with van der Waals surface area (Å²) in [5.74, 6) is 0.153. The molecule has 3 heteroatoms. The highest BCUT2D eigenvalue weighted by atomic mass is 35.5. The lowest BCUT2D eigenvalue weighted by Gasteiger charge is -2.01. The molecular formula is C14H12ClNO. The Hall–Kier alpha value is -1.67. The predicted octanol–water partition coefficient (Wildman–Crippen LogP) is 3.55. The molecule has 0 spiro atoms. The van der Waals surface area contributed by atoms with E-state index in [1.54, 1.807) is 12.3 Å². The van der Waals surface area contributed by atoms with E-state index in [1.807, 2.05) is 36.4 Å². The van der Waals surface area contributed by atoms with Gasteiger partial charge >= 0.3 is 0 Å². The van der Waals surface area contributed by atoms with Crippen molar-refractivity contribution in [2.75, 3.05) is 0 Å². The van der Waals surface area contributed by atoms with Crippen LogP contribution in [-0.4, -0.2) is 10.8 Å². The summed E-state index contributed by atoms with van der Waals surface area (Å²) < 4.78 is 0. The molecule has 0 saturated carbocycles. The molecule has 17 heavy (non-hydrogen) atoms. The van der Waals surface area contributed by atoms with Gasteiger partial charge in [-0.3, -0.25) is 4.79 Å². The van der Waals surface area contributed by atoms with Crippen LogP contribution in [0.15, 0.2) is 48.7 Å². The highest BCUT2D eigenvalue weighted by molar-refractivity contribution is 6.29.